The lowest BCUT2D eigenvalue weighted by Gasteiger charge is -2.24. The number of aromatic nitrogens is 2. The van der Waals surface area contributed by atoms with E-state index in [1.165, 1.54) is 0 Å². The van der Waals surface area contributed by atoms with Crippen molar-refractivity contribution in [3.63, 3.8) is 0 Å². The van der Waals surface area contributed by atoms with E-state index in [2.05, 4.69) is 10.2 Å². The molecule has 23 heavy (non-hydrogen) atoms. The largest absolute Gasteiger partial charge is 0.423 e. The lowest BCUT2D eigenvalue weighted by molar-refractivity contribution is -0.118. The minimum atomic E-state index is -0.576. The van der Waals surface area contributed by atoms with Crippen molar-refractivity contribution in [2.24, 2.45) is 0 Å². The molecule has 6 heteroatoms. The Bertz CT molecular complexity index is 657. The number of hydrogen-bond donors (Lipinski definition) is 0. The number of hydrogen-bond acceptors (Lipinski definition) is 4. The number of halogens is 1. The Labute approximate surface area is 141 Å². The SMILES string of the molecule is CCCc1nnc(CN(C(=O)C(Cl)CC)c2ccccc2C)o1. The highest BCUT2D eigenvalue weighted by Crippen LogP contribution is 2.24. The summed E-state index contributed by atoms with van der Waals surface area (Å²) in [5.41, 5.74) is 1.81. The third-order valence-corrected chi connectivity index (χ3v) is 4.06. The highest BCUT2D eigenvalue weighted by Gasteiger charge is 2.25. The van der Waals surface area contributed by atoms with Crippen LogP contribution in [0.5, 0.6) is 0 Å². The fourth-order valence-electron chi connectivity index (χ4n) is 2.29. The Kier molecular flexibility index (Phi) is 6.16. The van der Waals surface area contributed by atoms with Crippen LogP contribution in [0.25, 0.3) is 0 Å². The highest BCUT2D eigenvalue weighted by atomic mass is 35.5. The van der Waals surface area contributed by atoms with Crippen molar-refractivity contribution < 1.29 is 9.21 Å². The van der Waals surface area contributed by atoms with Gasteiger partial charge >= 0.3 is 0 Å². The second-order valence-electron chi connectivity index (χ2n) is 5.43. The summed E-state index contributed by atoms with van der Waals surface area (Å²) in [5, 5.41) is 7.48. The molecule has 0 aliphatic heterocycles. The first kappa shape index (κ1) is 17.5. The second kappa shape index (κ2) is 8.11. The summed E-state index contributed by atoms with van der Waals surface area (Å²) in [6, 6.07) is 7.69. The Morgan fingerprint density at radius 1 is 1.26 bits per heavy atom. The summed E-state index contributed by atoms with van der Waals surface area (Å²) in [6.07, 6.45) is 2.23. The molecule has 1 aromatic carbocycles. The molecule has 0 aliphatic rings. The van der Waals surface area contributed by atoms with Crippen LogP contribution in [0.2, 0.25) is 0 Å². The van der Waals surface area contributed by atoms with Gasteiger partial charge in [0.1, 0.15) is 11.9 Å². The van der Waals surface area contributed by atoms with E-state index in [0.29, 0.717) is 18.2 Å². The normalized spacial score (nSPS) is 12.2. The summed E-state index contributed by atoms with van der Waals surface area (Å²) >= 11 is 6.18. The van der Waals surface area contributed by atoms with Crippen LogP contribution in [0.4, 0.5) is 5.69 Å². The van der Waals surface area contributed by atoms with Gasteiger partial charge in [-0.2, -0.15) is 0 Å². The van der Waals surface area contributed by atoms with E-state index in [-0.39, 0.29) is 12.5 Å². The van der Waals surface area contributed by atoms with Crippen molar-refractivity contribution in [2.75, 3.05) is 4.90 Å². The first-order valence-electron chi connectivity index (χ1n) is 7.89. The van der Waals surface area contributed by atoms with Crippen LogP contribution in [0.3, 0.4) is 0 Å². The van der Waals surface area contributed by atoms with Gasteiger partial charge in [0.15, 0.2) is 0 Å². The van der Waals surface area contributed by atoms with Gasteiger partial charge in [-0.3, -0.25) is 4.79 Å². The van der Waals surface area contributed by atoms with Crippen molar-refractivity contribution in [1.82, 2.24) is 10.2 Å². The third-order valence-electron chi connectivity index (χ3n) is 3.56. The Balaban J connectivity index is 2.29. The van der Waals surface area contributed by atoms with Crippen molar-refractivity contribution in [3.05, 3.63) is 41.6 Å². The average molecular weight is 336 g/mol. The number of nitrogens with zero attached hydrogens (tertiary/aromatic N) is 3. The van der Waals surface area contributed by atoms with Gasteiger partial charge in [0.05, 0.1) is 0 Å². The van der Waals surface area contributed by atoms with E-state index in [1.807, 2.05) is 45.0 Å². The summed E-state index contributed by atoms with van der Waals surface area (Å²) in [6.45, 7) is 6.12. The minimum absolute atomic E-state index is 0.154. The fourth-order valence-corrected chi connectivity index (χ4v) is 2.41. The van der Waals surface area contributed by atoms with Gasteiger partial charge in [-0.15, -0.1) is 21.8 Å². The van der Waals surface area contributed by atoms with Gasteiger partial charge in [-0.1, -0.05) is 32.0 Å². The Hall–Kier alpha value is -1.88. The summed E-state index contributed by atoms with van der Waals surface area (Å²) < 4.78 is 5.62. The zero-order valence-electron chi connectivity index (χ0n) is 13.8. The zero-order chi connectivity index (χ0) is 16.8. The standard InChI is InChI=1S/C17H22ClN3O2/c1-4-8-15-19-20-16(23-15)11-21(17(22)13(18)5-2)14-10-7-6-9-12(14)3/h6-7,9-10,13H,4-5,8,11H2,1-3H3. The predicted octanol–water partition coefficient (Wildman–Crippen LogP) is 3.88. The van der Waals surface area contributed by atoms with Gasteiger partial charge in [-0.05, 0) is 31.4 Å². The molecule has 1 unspecified atom stereocenters. The second-order valence-corrected chi connectivity index (χ2v) is 5.95. The summed E-state index contributed by atoms with van der Waals surface area (Å²) in [5.74, 6) is 0.862. The first-order valence-corrected chi connectivity index (χ1v) is 8.32. The maximum atomic E-state index is 12.7. The van der Waals surface area contributed by atoms with Crippen molar-refractivity contribution in [3.8, 4) is 0 Å². The molecule has 0 spiro atoms. The van der Waals surface area contributed by atoms with Crippen molar-refractivity contribution in [2.45, 2.75) is 52.0 Å². The van der Waals surface area contributed by atoms with E-state index in [1.54, 1.807) is 4.90 Å². The minimum Gasteiger partial charge on any atom is -0.423 e. The predicted molar refractivity (Wildman–Crippen MR) is 90.6 cm³/mol. The molecule has 1 atom stereocenters. The topological polar surface area (TPSA) is 59.2 Å². The van der Waals surface area contributed by atoms with Gasteiger partial charge in [-0.25, -0.2) is 0 Å². The fraction of sp³-hybridized carbons (Fsp3) is 0.471. The molecule has 2 aromatic rings. The van der Waals surface area contributed by atoms with Crippen molar-refractivity contribution in [1.29, 1.82) is 0 Å². The third kappa shape index (κ3) is 4.32. The molecule has 0 saturated heterocycles. The molecule has 0 N–H and O–H groups in total. The van der Waals surface area contributed by atoms with E-state index < -0.39 is 5.38 Å². The maximum Gasteiger partial charge on any atom is 0.245 e. The Morgan fingerprint density at radius 3 is 2.61 bits per heavy atom. The number of carbonyl (C=O) groups excluding carboxylic acids is 1. The van der Waals surface area contributed by atoms with Crippen molar-refractivity contribution >= 4 is 23.2 Å². The van der Waals surface area contributed by atoms with E-state index in [0.717, 1.165) is 24.1 Å². The van der Waals surface area contributed by atoms with Gasteiger partial charge < -0.3 is 9.32 Å². The monoisotopic (exact) mass is 335 g/mol. The molecule has 1 heterocycles. The number of rotatable bonds is 7. The number of para-hydroxylation sites is 1. The molecule has 5 nitrogen and oxygen atoms in total. The molecule has 0 radical (unpaired) electrons. The van der Waals surface area contributed by atoms with Crippen LogP contribution in [-0.2, 0) is 17.8 Å². The lowest BCUT2D eigenvalue weighted by atomic mass is 10.1. The van der Waals surface area contributed by atoms with Crippen LogP contribution in [0, 0.1) is 6.92 Å². The lowest BCUT2D eigenvalue weighted by Crippen LogP contribution is -2.36. The molecule has 0 saturated carbocycles. The van der Waals surface area contributed by atoms with E-state index in [9.17, 15) is 4.79 Å². The Morgan fingerprint density at radius 2 is 1.96 bits per heavy atom. The van der Waals surface area contributed by atoms with Gasteiger partial charge in [0.2, 0.25) is 17.7 Å². The number of aryl methyl sites for hydroxylation is 2. The summed E-state index contributed by atoms with van der Waals surface area (Å²) in [7, 11) is 0. The van der Waals surface area contributed by atoms with Crippen LogP contribution in [-0.4, -0.2) is 21.5 Å². The van der Waals surface area contributed by atoms with Crippen LogP contribution in [0.15, 0.2) is 28.7 Å². The number of benzene rings is 1. The molecule has 0 bridgehead atoms. The zero-order valence-corrected chi connectivity index (χ0v) is 14.5. The van der Waals surface area contributed by atoms with Gasteiger partial charge in [0.25, 0.3) is 0 Å². The average Bonchev–Trinajstić information content (AvgIpc) is 2.99. The van der Waals surface area contributed by atoms with Crippen LogP contribution >= 0.6 is 11.6 Å². The summed E-state index contributed by atoms with van der Waals surface area (Å²) in [4.78, 5) is 14.3. The quantitative estimate of drug-likeness (QED) is 0.720. The molecule has 2 rings (SSSR count). The molecule has 124 valence electrons. The molecule has 1 aromatic heterocycles. The number of alkyl halides is 1. The van der Waals surface area contributed by atoms with Gasteiger partial charge in [0, 0.05) is 12.1 Å². The molecule has 0 fully saturated rings. The number of amides is 1. The number of carbonyl (C=O) groups is 1. The molecule has 0 aliphatic carbocycles. The number of anilines is 1. The van der Waals surface area contributed by atoms with Crippen LogP contribution in [0.1, 0.15) is 44.0 Å². The highest BCUT2D eigenvalue weighted by molar-refractivity contribution is 6.32. The van der Waals surface area contributed by atoms with E-state index >= 15 is 0 Å². The molecular formula is C17H22ClN3O2. The smallest absolute Gasteiger partial charge is 0.245 e. The van der Waals surface area contributed by atoms with Crippen LogP contribution < -0.4 is 4.90 Å². The first-order chi connectivity index (χ1) is 11.1. The van der Waals surface area contributed by atoms with E-state index in [4.69, 9.17) is 16.0 Å². The maximum absolute atomic E-state index is 12.7. The molecular weight excluding hydrogens is 314 g/mol. The molecule has 1 amide bonds.